The number of sulfonamides is 1. The van der Waals surface area contributed by atoms with Crippen molar-refractivity contribution in [1.29, 1.82) is 0 Å². The SMILES string of the molecule is NCC#Cc1cncc(S(=O)(=O)N2CCS(=O)(=O)CC2)c1. The van der Waals surface area contributed by atoms with E-state index in [2.05, 4.69) is 16.8 Å². The van der Waals surface area contributed by atoms with Crippen molar-refractivity contribution < 1.29 is 16.8 Å². The molecule has 1 aliphatic heterocycles. The highest BCUT2D eigenvalue weighted by molar-refractivity contribution is 7.92. The predicted molar refractivity (Wildman–Crippen MR) is 77.6 cm³/mol. The molecule has 0 spiro atoms. The van der Waals surface area contributed by atoms with E-state index in [1.165, 1.54) is 18.5 Å². The third-order valence-electron chi connectivity index (χ3n) is 2.99. The molecule has 0 atom stereocenters. The number of pyridine rings is 1. The van der Waals surface area contributed by atoms with Gasteiger partial charge in [-0.25, -0.2) is 16.8 Å². The Morgan fingerprint density at radius 2 is 1.95 bits per heavy atom. The van der Waals surface area contributed by atoms with E-state index in [0.29, 0.717) is 5.56 Å². The molecule has 9 heteroatoms. The lowest BCUT2D eigenvalue weighted by Gasteiger charge is -2.25. The molecule has 0 aliphatic carbocycles. The molecule has 21 heavy (non-hydrogen) atoms. The van der Waals surface area contributed by atoms with Gasteiger partial charge in [-0.2, -0.15) is 4.31 Å². The van der Waals surface area contributed by atoms with Gasteiger partial charge < -0.3 is 5.73 Å². The van der Waals surface area contributed by atoms with Crippen LogP contribution >= 0.6 is 0 Å². The van der Waals surface area contributed by atoms with Crippen molar-refractivity contribution >= 4 is 19.9 Å². The summed E-state index contributed by atoms with van der Waals surface area (Å²) in [5.74, 6) is 5.02. The molecule has 1 aliphatic rings. The number of sulfone groups is 1. The Hall–Kier alpha value is -1.47. The average molecular weight is 329 g/mol. The zero-order valence-corrected chi connectivity index (χ0v) is 12.8. The smallest absolute Gasteiger partial charge is 0.244 e. The largest absolute Gasteiger partial charge is 0.320 e. The van der Waals surface area contributed by atoms with E-state index in [0.717, 1.165) is 4.31 Å². The van der Waals surface area contributed by atoms with Crippen LogP contribution in [-0.4, -0.2) is 57.3 Å². The van der Waals surface area contributed by atoms with Gasteiger partial charge in [0.05, 0.1) is 18.1 Å². The zero-order valence-electron chi connectivity index (χ0n) is 11.2. The maximum absolute atomic E-state index is 12.4. The van der Waals surface area contributed by atoms with Crippen molar-refractivity contribution in [3.8, 4) is 11.8 Å². The van der Waals surface area contributed by atoms with E-state index < -0.39 is 19.9 Å². The number of nitrogens with two attached hydrogens (primary N) is 1. The van der Waals surface area contributed by atoms with Crippen molar-refractivity contribution in [2.45, 2.75) is 4.90 Å². The lowest BCUT2D eigenvalue weighted by atomic mass is 10.3. The van der Waals surface area contributed by atoms with Crippen LogP contribution in [0.25, 0.3) is 0 Å². The topological polar surface area (TPSA) is 110 Å². The highest BCUT2D eigenvalue weighted by atomic mass is 32.2. The van der Waals surface area contributed by atoms with Gasteiger partial charge in [-0.3, -0.25) is 4.98 Å². The third kappa shape index (κ3) is 3.79. The molecule has 2 N–H and O–H groups in total. The molecular formula is C12H15N3O4S2. The molecule has 0 radical (unpaired) electrons. The second-order valence-electron chi connectivity index (χ2n) is 4.47. The first-order valence-corrected chi connectivity index (χ1v) is 9.46. The monoisotopic (exact) mass is 329 g/mol. The molecule has 2 rings (SSSR count). The zero-order chi connectivity index (χ0) is 15.5. The normalized spacial score (nSPS) is 18.7. The summed E-state index contributed by atoms with van der Waals surface area (Å²) in [6, 6.07) is 1.41. The molecule has 114 valence electrons. The molecule has 1 saturated heterocycles. The van der Waals surface area contributed by atoms with Gasteiger partial charge in [-0.1, -0.05) is 11.8 Å². The summed E-state index contributed by atoms with van der Waals surface area (Å²) in [6.45, 7) is 0.0910. The van der Waals surface area contributed by atoms with Crippen LogP contribution in [-0.2, 0) is 19.9 Å². The van der Waals surface area contributed by atoms with Gasteiger partial charge in [0.25, 0.3) is 0 Å². The summed E-state index contributed by atoms with van der Waals surface area (Å²) in [6.07, 6.45) is 2.68. The van der Waals surface area contributed by atoms with Crippen LogP contribution in [0.5, 0.6) is 0 Å². The van der Waals surface area contributed by atoms with Gasteiger partial charge in [0.2, 0.25) is 10.0 Å². The van der Waals surface area contributed by atoms with Crippen LogP contribution in [0.15, 0.2) is 23.4 Å². The minimum absolute atomic E-state index is 0.00520. The van der Waals surface area contributed by atoms with Gasteiger partial charge in [-0.15, -0.1) is 0 Å². The van der Waals surface area contributed by atoms with Gasteiger partial charge >= 0.3 is 0 Å². The highest BCUT2D eigenvalue weighted by Gasteiger charge is 2.31. The van der Waals surface area contributed by atoms with Gasteiger partial charge in [0, 0.05) is 31.0 Å². The maximum atomic E-state index is 12.4. The molecule has 0 unspecified atom stereocenters. The van der Waals surface area contributed by atoms with Crippen LogP contribution in [0.2, 0.25) is 0 Å². The number of hydrogen-bond acceptors (Lipinski definition) is 6. The molecule has 0 aromatic carbocycles. The first-order valence-electron chi connectivity index (χ1n) is 6.20. The predicted octanol–water partition coefficient (Wildman–Crippen LogP) is -1.19. The number of aromatic nitrogens is 1. The third-order valence-corrected chi connectivity index (χ3v) is 6.46. The van der Waals surface area contributed by atoms with E-state index in [-0.39, 0.29) is 36.0 Å². The first kappa shape index (κ1) is 15.9. The molecule has 0 amide bonds. The fourth-order valence-corrected chi connectivity index (χ4v) is 4.73. The van der Waals surface area contributed by atoms with E-state index >= 15 is 0 Å². The first-order chi connectivity index (χ1) is 9.85. The van der Waals surface area contributed by atoms with E-state index in [4.69, 9.17) is 5.73 Å². The minimum atomic E-state index is -3.75. The second kappa shape index (κ2) is 6.11. The number of rotatable bonds is 2. The molecule has 7 nitrogen and oxygen atoms in total. The van der Waals surface area contributed by atoms with Gasteiger partial charge in [-0.05, 0) is 6.07 Å². The van der Waals surface area contributed by atoms with E-state index in [9.17, 15) is 16.8 Å². The van der Waals surface area contributed by atoms with Gasteiger partial charge in [0.15, 0.2) is 9.84 Å². The van der Waals surface area contributed by atoms with Crippen LogP contribution in [0.1, 0.15) is 5.56 Å². The summed E-state index contributed by atoms with van der Waals surface area (Å²) >= 11 is 0. The Bertz CT molecular complexity index is 777. The summed E-state index contributed by atoms with van der Waals surface area (Å²) in [7, 11) is -6.89. The van der Waals surface area contributed by atoms with Crippen molar-refractivity contribution in [1.82, 2.24) is 9.29 Å². The maximum Gasteiger partial charge on any atom is 0.244 e. The molecule has 0 saturated carbocycles. The number of nitrogens with zero attached hydrogens (tertiary/aromatic N) is 2. The van der Waals surface area contributed by atoms with Crippen molar-refractivity contribution in [3.05, 3.63) is 24.0 Å². The van der Waals surface area contributed by atoms with Crippen LogP contribution < -0.4 is 5.73 Å². The molecule has 1 aromatic rings. The Kier molecular flexibility index (Phi) is 4.63. The quantitative estimate of drug-likeness (QED) is 0.683. The molecular weight excluding hydrogens is 314 g/mol. The van der Waals surface area contributed by atoms with Crippen LogP contribution in [0, 0.1) is 11.8 Å². The fourth-order valence-electron chi connectivity index (χ4n) is 1.87. The van der Waals surface area contributed by atoms with E-state index in [1.807, 2.05) is 0 Å². The number of hydrogen-bond donors (Lipinski definition) is 1. The van der Waals surface area contributed by atoms with Gasteiger partial charge in [0.1, 0.15) is 4.90 Å². The Morgan fingerprint density at radius 1 is 1.29 bits per heavy atom. The summed E-state index contributed by atoms with van der Waals surface area (Å²) < 4.78 is 48.8. The van der Waals surface area contributed by atoms with Crippen molar-refractivity contribution in [2.24, 2.45) is 5.73 Å². The lowest BCUT2D eigenvalue weighted by molar-refractivity contribution is 0.430. The Morgan fingerprint density at radius 3 is 2.57 bits per heavy atom. The minimum Gasteiger partial charge on any atom is -0.320 e. The van der Waals surface area contributed by atoms with Crippen LogP contribution in [0.3, 0.4) is 0 Å². The van der Waals surface area contributed by atoms with Crippen molar-refractivity contribution in [3.63, 3.8) is 0 Å². The Labute approximate surface area is 124 Å². The lowest BCUT2D eigenvalue weighted by Crippen LogP contribution is -2.43. The standard InChI is InChI=1S/C12H15N3O4S2/c13-3-1-2-11-8-12(10-14-9-11)21(18,19)15-4-6-20(16,17)7-5-15/h8-10H,3-7,13H2. The summed E-state index contributed by atoms with van der Waals surface area (Å²) in [5.41, 5.74) is 5.72. The van der Waals surface area contributed by atoms with E-state index in [1.54, 1.807) is 0 Å². The molecule has 1 fully saturated rings. The fraction of sp³-hybridized carbons (Fsp3) is 0.417. The highest BCUT2D eigenvalue weighted by Crippen LogP contribution is 2.18. The molecule has 1 aromatic heterocycles. The second-order valence-corrected chi connectivity index (χ2v) is 8.71. The summed E-state index contributed by atoms with van der Waals surface area (Å²) in [5, 5.41) is 0. The molecule has 2 heterocycles. The van der Waals surface area contributed by atoms with Crippen molar-refractivity contribution in [2.75, 3.05) is 31.1 Å². The molecule has 0 bridgehead atoms. The average Bonchev–Trinajstić information content (AvgIpc) is 2.45. The summed E-state index contributed by atoms with van der Waals surface area (Å²) in [4.78, 5) is 3.87. The van der Waals surface area contributed by atoms with Crippen LogP contribution in [0.4, 0.5) is 0 Å². The Balaban J connectivity index is 2.28.